The average Bonchev–Trinajstić information content (AvgIpc) is 2.89. The molecular weight excluding hydrogens is 252 g/mol. The van der Waals surface area contributed by atoms with Crippen molar-refractivity contribution in [2.24, 2.45) is 0 Å². The molecule has 0 radical (unpaired) electrons. The van der Waals surface area contributed by atoms with Gasteiger partial charge in [-0.25, -0.2) is 0 Å². The van der Waals surface area contributed by atoms with Gasteiger partial charge in [-0.15, -0.1) is 0 Å². The van der Waals surface area contributed by atoms with E-state index in [4.69, 9.17) is 4.42 Å². The topological polar surface area (TPSA) is 54.3 Å². The predicted molar refractivity (Wildman–Crippen MR) is 80.8 cm³/mol. The molecule has 0 fully saturated rings. The van der Waals surface area contributed by atoms with E-state index in [0.29, 0.717) is 12.3 Å². The first kappa shape index (κ1) is 14.6. The number of hydrogen-bond acceptors (Lipinski definition) is 3. The fourth-order valence-electron chi connectivity index (χ4n) is 2.07. The lowest BCUT2D eigenvalue weighted by molar-refractivity contribution is -0.122. The number of carbonyl (C=O) groups excluding carboxylic acids is 1. The van der Waals surface area contributed by atoms with Gasteiger partial charge < -0.3 is 15.1 Å². The zero-order valence-corrected chi connectivity index (χ0v) is 12.1. The Labute approximate surface area is 119 Å². The van der Waals surface area contributed by atoms with E-state index in [-0.39, 0.29) is 11.8 Å². The Bertz CT molecular complexity index is 529. The van der Waals surface area contributed by atoms with Crippen LogP contribution in [-0.2, 0) is 4.79 Å². The van der Waals surface area contributed by atoms with Crippen molar-refractivity contribution in [1.82, 2.24) is 10.6 Å². The molecule has 1 aromatic carbocycles. The largest absolute Gasteiger partial charge is 0.460 e. The molecule has 2 N–H and O–H groups in total. The lowest BCUT2D eigenvalue weighted by atomic mass is 10.1. The smallest absolute Gasteiger partial charge is 0.230 e. The summed E-state index contributed by atoms with van der Waals surface area (Å²) in [6.07, 6.45) is 1.10. The molecule has 1 heterocycles. The number of furan rings is 1. The molecule has 1 amide bonds. The molecule has 0 saturated heterocycles. The number of fused-ring (bicyclic) bond motifs is 1. The van der Waals surface area contributed by atoms with Gasteiger partial charge in [0, 0.05) is 18.5 Å². The van der Waals surface area contributed by atoms with Crippen LogP contribution in [0.2, 0.25) is 0 Å². The van der Waals surface area contributed by atoms with E-state index in [1.807, 2.05) is 37.3 Å². The summed E-state index contributed by atoms with van der Waals surface area (Å²) in [6, 6.07) is 9.74. The SMILES string of the molecule is CCCNCCNC(=O)C(C)c1cc2ccccc2o1. The number of hydrogen-bond donors (Lipinski definition) is 2. The highest BCUT2D eigenvalue weighted by Gasteiger charge is 2.18. The number of nitrogens with one attached hydrogen (secondary N) is 2. The van der Waals surface area contributed by atoms with E-state index in [1.165, 1.54) is 0 Å². The molecule has 0 aliphatic rings. The number of benzene rings is 1. The van der Waals surface area contributed by atoms with Crippen molar-refractivity contribution in [1.29, 1.82) is 0 Å². The van der Waals surface area contributed by atoms with Gasteiger partial charge in [-0.05, 0) is 32.0 Å². The Morgan fingerprint density at radius 3 is 2.80 bits per heavy atom. The summed E-state index contributed by atoms with van der Waals surface area (Å²) >= 11 is 0. The van der Waals surface area contributed by atoms with Crippen LogP contribution in [-0.4, -0.2) is 25.5 Å². The fourth-order valence-corrected chi connectivity index (χ4v) is 2.07. The van der Waals surface area contributed by atoms with Crippen molar-refractivity contribution in [2.45, 2.75) is 26.2 Å². The summed E-state index contributed by atoms with van der Waals surface area (Å²) in [5.41, 5.74) is 0.826. The summed E-state index contributed by atoms with van der Waals surface area (Å²) in [5, 5.41) is 7.21. The highest BCUT2D eigenvalue weighted by atomic mass is 16.3. The first-order valence-electron chi connectivity index (χ1n) is 7.19. The van der Waals surface area contributed by atoms with Gasteiger partial charge in [0.1, 0.15) is 11.3 Å². The normalized spacial score (nSPS) is 12.5. The number of carbonyl (C=O) groups is 1. The Hall–Kier alpha value is -1.81. The number of rotatable bonds is 7. The van der Waals surface area contributed by atoms with Gasteiger partial charge >= 0.3 is 0 Å². The van der Waals surface area contributed by atoms with Crippen molar-refractivity contribution in [3.05, 3.63) is 36.1 Å². The van der Waals surface area contributed by atoms with E-state index in [1.54, 1.807) is 0 Å². The molecule has 2 aromatic rings. The third kappa shape index (κ3) is 3.61. The molecule has 1 unspecified atom stereocenters. The molecule has 1 atom stereocenters. The molecule has 0 spiro atoms. The quantitative estimate of drug-likeness (QED) is 0.763. The first-order chi connectivity index (χ1) is 9.72. The van der Waals surface area contributed by atoms with Crippen LogP contribution in [0.15, 0.2) is 34.7 Å². The van der Waals surface area contributed by atoms with E-state index >= 15 is 0 Å². The maximum absolute atomic E-state index is 12.1. The summed E-state index contributed by atoms with van der Waals surface area (Å²) in [7, 11) is 0. The van der Waals surface area contributed by atoms with Gasteiger partial charge in [0.25, 0.3) is 0 Å². The molecule has 0 aliphatic heterocycles. The summed E-state index contributed by atoms with van der Waals surface area (Å²) in [6.45, 7) is 6.41. The van der Waals surface area contributed by atoms with Crippen LogP contribution in [0.25, 0.3) is 11.0 Å². The fraction of sp³-hybridized carbons (Fsp3) is 0.438. The Morgan fingerprint density at radius 2 is 2.05 bits per heavy atom. The third-order valence-electron chi connectivity index (χ3n) is 3.29. The molecule has 1 aromatic heterocycles. The van der Waals surface area contributed by atoms with Gasteiger partial charge in [0.2, 0.25) is 5.91 Å². The maximum Gasteiger partial charge on any atom is 0.230 e. The lowest BCUT2D eigenvalue weighted by Crippen LogP contribution is -2.34. The highest BCUT2D eigenvalue weighted by Crippen LogP contribution is 2.24. The Morgan fingerprint density at radius 1 is 1.25 bits per heavy atom. The van der Waals surface area contributed by atoms with Gasteiger partial charge in [-0.3, -0.25) is 4.79 Å². The molecule has 20 heavy (non-hydrogen) atoms. The Kier molecular flexibility index (Phi) is 5.18. The standard InChI is InChI=1S/C16H22N2O2/c1-3-8-17-9-10-18-16(19)12(2)15-11-13-6-4-5-7-14(13)20-15/h4-7,11-12,17H,3,8-10H2,1-2H3,(H,18,19). The van der Waals surface area contributed by atoms with Crippen molar-refractivity contribution in [3.8, 4) is 0 Å². The highest BCUT2D eigenvalue weighted by molar-refractivity contribution is 5.85. The van der Waals surface area contributed by atoms with Crippen LogP contribution in [0.1, 0.15) is 31.9 Å². The second-order valence-electron chi connectivity index (χ2n) is 4.95. The van der Waals surface area contributed by atoms with Gasteiger partial charge in [0.15, 0.2) is 0 Å². The zero-order valence-electron chi connectivity index (χ0n) is 12.1. The summed E-state index contributed by atoms with van der Waals surface area (Å²) in [5.74, 6) is 0.446. The molecule has 4 heteroatoms. The first-order valence-corrected chi connectivity index (χ1v) is 7.19. The van der Waals surface area contributed by atoms with Crippen molar-refractivity contribution in [3.63, 3.8) is 0 Å². The second-order valence-corrected chi connectivity index (χ2v) is 4.95. The van der Waals surface area contributed by atoms with Gasteiger partial charge in [-0.1, -0.05) is 25.1 Å². The molecule has 0 aliphatic carbocycles. The van der Waals surface area contributed by atoms with Crippen molar-refractivity contribution in [2.75, 3.05) is 19.6 Å². The monoisotopic (exact) mass is 274 g/mol. The van der Waals surface area contributed by atoms with E-state index in [0.717, 1.165) is 30.5 Å². The van der Waals surface area contributed by atoms with Crippen LogP contribution < -0.4 is 10.6 Å². The van der Waals surface area contributed by atoms with E-state index < -0.39 is 0 Å². The minimum absolute atomic E-state index is 0.00218. The van der Waals surface area contributed by atoms with Crippen LogP contribution >= 0.6 is 0 Å². The minimum atomic E-state index is -0.270. The van der Waals surface area contributed by atoms with Crippen molar-refractivity contribution < 1.29 is 9.21 Å². The van der Waals surface area contributed by atoms with Crippen LogP contribution in [0.3, 0.4) is 0 Å². The van der Waals surface area contributed by atoms with E-state index in [9.17, 15) is 4.79 Å². The second kappa shape index (κ2) is 7.10. The number of amides is 1. The average molecular weight is 274 g/mol. The Balaban J connectivity index is 1.89. The maximum atomic E-state index is 12.1. The minimum Gasteiger partial charge on any atom is -0.460 e. The molecule has 0 saturated carbocycles. The van der Waals surface area contributed by atoms with E-state index in [2.05, 4.69) is 17.6 Å². The van der Waals surface area contributed by atoms with Crippen LogP contribution in [0, 0.1) is 0 Å². The van der Waals surface area contributed by atoms with Gasteiger partial charge in [0.05, 0.1) is 5.92 Å². The van der Waals surface area contributed by atoms with Gasteiger partial charge in [-0.2, -0.15) is 0 Å². The molecule has 4 nitrogen and oxygen atoms in total. The van der Waals surface area contributed by atoms with Crippen LogP contribution in [0.4, 0.5) is 0 Å². The molecule has 0 bridgehead atoms. The lowest BCUT2D eigenvalue weighted by Gasteiger charge is -2.10. The van der Waals surface area contributed by atoms with Crippen molar-refractivity contribution >= 4 is 16.9 Å². The summed E-state index contributed by atoms with van der Waals surface area (Å²) < 4.78 is 5.72. The summed E-state index contributed by atoms with van der Waals surface area (Å²) in [4.78, 5) is 12.1. The van der Waals surface area contributed by atoms with Crippen LogP contribution in [0.5, 0.6) is 0 Å². The molecular formula is C16H22N2O2. The predicted octanol–water partition coefficient (Wildman–Crippen LogP) is 2.65. The molecule has 108 valence electrons. The molecule has 2 rings (SSSR count). The number of para-hydroxylation sites is 1. The third-order valence-corrected chi connectivity index (χ3v) is 3.29. The zero-order chi connectivity index (χ0) is 14.4.